The fourth-order valence-corrected chi connectivity index (χ4v) is 8.21. The second kappa shape index (κ2) is 11.4. The van der Waals surface area contributed by atoms with E-state index in [4.69, 9.17) is 21.6 Å². The number of hydrogen-bond acceptors (Lipinski definition) is 4. The Morgan fingerprint density at radius 1 is 0.558 bits per heavy atom. The molecule has 5 aromatic carbocycles. The van der Waals surface area contributed by atoms with Crippen molar-refractivity contribution < 1.29 is 0 Å². The van der Waals surface area contributed by atoms with Crippen LogP contribution in [0.5, 0.6) is 0 Å². The molecule has 10 aromatic rings. The highest BCUT2D eigenvalue weighted by Gasteiger charge is 2.39. The summed E-state index contributed by atoms with van der Waals surface area (Å²) in [5, 5.41) is 14.5. The van der Waals surface area contributed by atoms with Crippen LogP contribution in [-0.4, -0.2) is 29.1 Å². The maximum Gasteiger partial charge on any atom is 0.189 e. The Kier molecular flexibility index (Phi) is 6.54. The van der Waals surface area contributed by atoms with Gasteiger partial charge in [-0.25, -0.2) is 9.83 Å². The summed E-state index contributed by atoms with van der Waals surface area (Å²) in [7, 11) is 0. The van der Waals surface area contributed by atoms with Crippen LogP contribution < -0.4 is 0 Å². The first-order valence-electron chi connectivity index (χ1n) is 17.2. The molecule has 0 radical (unpaired) electrons. The van der Waals surface area contributed by atoms with E-state index in [0.29, 0.717) is 5.69 Å². The highest BCUT2D eigenvalue weighted by Crippen LogP contribution is 2.47. The van der Waals surface area contributed by atoms with Crippen molar-refractivity contribution in [2.75, 3.05) is 0 Å². The van der Waals surface area contributed by atoms with Gasteiger partial charge in [0.05, 0.1) is 29.4 Å². The molecular weight excluding hydrogens is 639 g/mol. The van der Waals surface area contributed by atoms with E-state index in [9.17, 15) is 0 Å². The number of para-hydroxylation sites is 1. The van der Waals surface area contributed by atoms with Crippen LogP contribution in [0.15, 0.2) is 158 Å². The Morgan fingerprint density at radius 3 is 2.06 bits per heavy atom. The molecule has 0 saturated carbocycles. The summed E-state index contributed by atoms with van der Waals surface area (Å²) in [6.45, 7) is 9.62. The number of hydrogen-bond donors (Lipinski definition) is 0. The number of aromatic nitrogens is 6. The van der Waals surface area contributed by atoms with Crippen LogP contribution in [0, 0.1) is 13.5 Å². The summed E-state index contributed by atoms with van der Waals surface area (Å²) in [6, 6.07) is 48.7. The summed E-state index contributed by atoms with van der Waals surface area (Å²) in [5.41, 5.74) is 8.65. The maximum atomic E-state index is 7.66. The average Bonchev–Trinajstić information content (AvgIpc) is 3.77. The monoisotopic (exact) mass is 667 g/mol. The van der Waals surface area contributed by atoms with Crippen molar-refractivity contribution in [3.8, 4) is 5.69 Å². The van der Waals surface area contributed by atoms with E-state index in [-0.39, 0.29) is 0 Å². The number of rotatable bonds is 5. The lowest BCUT2D eigenvalue weighted by Gasteiger charge is -2.37. The summed E-state index contributed by atoms with van der Waals surface area (Å²) in [4.78, 5) is 13.5. The van der Waals surface area contributed by atoms with Gasteiger partial charge in [-0.15, -0.1) is 10.2 Å². The Hall–Kier alpha value is -7.17. The Morgan fingerprint density at radius 2 is 1.27 bits per heavy atom. The van der Waals surface area contributed by atoms with Crippen molar-refractivity contribution in [2.45, 2.75) is 12.3 Å². The minimum atomic E-state index is -0.777. The highest BCUT2D eigenvalue weighted by atomic mass is 15.2. The topological polar surface area (TPSA) is 65.3 Å². The quantitative estimate of drug-likeness (QED) is 0.104. The number of fused-ring (bicyclic) bond motifs is 9. The van der Waals surface area contributed by atoms with Gasteiger partial charge >= 0.3 is 0 Å². The van der Waals surface area contributed by atoms with Crippen LogP contribution in [0.2, 0.25) is 0 Å². The van der Waals surface area contributed by atoms with Crippen molar-refractivity contribution in [2.24, 2.45) is 0 Å². The third-order valence-electron chi connectivity index (χ3n) is 10.4. The second-order valence-corrected chi connectivity index (χ2v) is 13.1. The summed E-state index contributed by atoms with van der Waals surface area (Å²) in [5.74, 6) is 0.767. The van der Waals surface area contributed by atoms with Gasteiger partial charge in [-0.2, -0.15) is 0 Å². The number of aryl methyl sites for hydroxylation is 1. The second-order valence-electron chi connectivity index (χ2n) is 13.1. The number of nitrogens with zero attached hydrogens (tertiary/aromatic N) is 7. The maximum absolute atomic E-state index is 7.66. The van der Waals surface area contributed by atoms with E-state index in [2.05, 4.69) is 134 Å². The molecule has 10 rings (SSSR count). The molecule has 5 aromatic heterocycles. The molecule has 7 heteroatoms. The van der Waals surface area contributed by atoms with Gasteiger partial charge in [-0.3, -0.25) is 14.0 Å². The zero-order chi connectivity index (χ0) is 34.8. The van der Waals surface area contributed by atoms with Gasteiger partial charge in [-0.1, -0.05) is 103 Å². The lowest BCUT2D eigenvalue weighted by molar-refractivity contribution is 0.740. The molecule has 0 N–H and O–H groups in total. The van der Waals surface area contributed by atoms with Crippen molar-refractivity contribution in [3.63, 3.8) is 0 Å². The zero-order valence-corrected chi connectivity index (χ0v) is 28.1. The molecule has 0 unspecified atom stereocenters. The minimum Gasteiger partial charge on any atom is -0.292 e. The molecule has 0 fully saturated rings. The third kappa shape index (κ3) is 4.18. The molecule has 0 bridgehead atoms. The molecule has 0 aliphatic carbocycles. The van der Waals surface area contributed by atoms with Gasteiger partial charge in [0.1, 0.15) is 11.5 Å². The summed E-state index contributed by atoms with van der Waals surface area (Å²) >= 11 is 0. The van der Waals surface area contributed by atoms with Gasteiger partial charge < -0.3 is 0 Å². The predicted molar refractivity (Wildman–Crippen MR) is 207 cm³/mol. The molecule has 0 aliphatic heterocycles. The SMILES string of the molecule is [C-]#[N+]c1ccc2c3ccc(C(c4ccccc4)(c4ccccc4)c4cncc(-n5c6ccccc6c6cccnc65)c4)cc3c3nnc(C)n3c2c1. The van der Waals surface area contributed by atoms with Crippen molar-refractivity contribution in [1.82, 2.24) is 29.1 Å². The number of pyridine rings is 3. The van der Waals surface area contributed by atoms with E-state index in [0.717, 1.165) is 83.0 Å². The lowest BCUT2D eigenvalue weighted by Crippen LogP contribution is -2.31. The molecular formula is C45H29N7. The van der Waals surface area contributed by atoms with E-state index >= 15 is 0 Å². The predicted octanol–water partition coefficient (Wildman–Crippen LogP) is 10.2. The molecule has 244 valence electrons. The molecule has 0 atom stereocenters. The van der Waals surface area contributed by atoms with Gasteiger partial charge in [-0.05, 0) is 71.0 Å². The first kappa shape index (κ1) is 29.7. The molecule has 52 heavy (non-hydrogen) atoms. The first-order valence-corrected chi connectivity index (χ1v) is 17.2. The Balaban J connectivity index is 1.32. The highest BCUT2D eigenvalue weighted by molar-refractivity contribution is 6.12. The smallest absolute Gasteiger partial charge is 0.189 e. The van der Waals surface area contributed by atoms with Crippen LogP contribution >= 0.6 is 0 Å². The molecule has 0 aliphatic rings. The van der Waals surface area contributed by atoms with Crippen molar-refractivity contribution in [3.05, 3.63) is 198 Å². The standard InChI is InChI=1S/C45H29N7/c1-29-49-50-44-40-25-32(19-21-36(40)38-22-20-34(46-2)26-42(38)51(29)44)45(30-12-5-3-6-13-30,31-14-7-4-8-15-31)33-24-35(28-47-27-33)52-41-18-10-9-16-37(41)39-17-11-23-48-43(39)52/h3-28H,1H3. The summed E-state index contributed by atoms with van der Waals surface area (Å²) in [6.07, 6.45) is 5.77. The van der Waals surface area contributed by atoms with Crippen LogP contribution in [-0.2, 0) is 5.41 Å². The van der Waals surface area contributed by atoms with Crippen molar-refractivity contribution in [1.29, 1.82) is 0 Å². The van der Waals surface area contributed by atoms with Crippen molar-refractivity contribution >= 4 is 54.9 Å². The van der Waals surface area contributed by atoms with Crippen LogP contribution in [0.1, 0.15) is 28.1 Å². The first-order chi connectivity index (χ1) is 25.7. The van der Waals surface area contributed by atoms with Crippen LogP contribution in [0.25, 0.3) is 59.8 Å². The minimum absolute atomic E-state index is 0.580. The van der Waals surface area contributed by atoms with Gasteiger partial charge in [0.15, 0.2) is 11.3 Å². The third-order valence-corrected chi connectivity index (χ3v) is 10.4. The van der Waals surface area contributed by atoms with E-state index < -0.39 is 5.41 Å². The fourth-order valence-electron chi connectivity index (χ4n) is 8.21. The molecule has 0 saturated heterocycles. The Labute approximate surface area is 298 Å². The average molecular weight is 668 g/mol. The zero-order valence-electron chi connectivity index (χ0n) is 28.1. The van der Waals surface area contributed by atoms with Gasteiger partial charge in [0.25, 0.3) is 0 Å². The van der Waals surface area contributed by atoms with E-state index in [1.165, 1.54) is 0 Å². The van der Waals surface area contributed by atoms with Gasteiger partial charge in [0, 0.05) is 39.5 Å². The number of benzene rings is 5. The van der Waals surface area contributed by atoms with Gasteiger partial charge in [0.2, 0.25) is 0 Å². The fraction of sp³-hybridized carbons (Fsp3) is 0.0444. The Bertz CT molecular complexity index is 2950. The molecule has 5 heterocycles. The summed E-state index contributed by atoms with van der Waals surface area (Å²) < 4.78 is 4.29. The van der Waals surface area contributed by atoms with Crippen LogP contribution in [0.3, 0.4) is 0 Å². The molecule has 0 spiro atoms. The van der Waals surface area contributed by atoms with E-state index in [1.807, 2.05) is 49.8 Å². The molecule has 7 nitrogen and oxygen atoms in total. The van der Waals surface area contributed by atoms with Crippen LogP contribution in [0.4, 0.5) is 5.69 Å². The molecule has 0 amide bonds. The largest absolute Gasteiger partial charge is 0.292 e. The van der Waals surface area contributed by atoms with E-state index in [1.54, 1.807) is 0 Å². The lowest BCUT2D eigenvalue weighted by atomic mass is 9.65. The normalized spacial score (nSPS) is 11.9.